The van der Waals surface area contributed by atoms with Gasteiger partial charge in [-0.15, -0.1) is 0 Å². The number of hydrogen-bond acceptors (Lipinski definition) is 3. The zero-order valence-electron chi connectivity index (χ0n) is 16.5. The molecular formula is C22H29NO3. The second-order valence-corrected chi connectivity index (χ2v) is 7.11. The van der Waals surface area contributed by atoms with Gasteiger partial charge in [0.1, 0.15) is 11.5 Å². The first kappa shape index (κ1) is 19.8. The highest BCUT2D eigenvalue weighted by Crippen LogP contribution is 2.29. The zero-order chi connectivity index (χ0) is 19.3. The number of rotatable bonds is 7. The van der Waals surface area contributed by atoms with Crippen molar-refractivity contribution in [2.24, 2.45) is 0 Å². The number of para-hydroxylation sites is 2. The van der Waals surface area contributed by atoms with Crippen LogP contribution in [0.3, 0.4) is 0 Å². The minimum atomic E-state index is -0.624. The Labute approximate surface area is 156 Å². The molecule has 0 radical (unpaired) electrons. The van der Waals surface area contributed by atoms with Crippen molar-refractivity contribution in [1.29, 1.82) is 0 Å². The maximum absolute atomic E-state index is 12.6. The van der Waals surface area contributed by atoms with E-state index in [4.69, 9.17) is 9.47 Å². The topological polar surface area (TPSA) is 47.6 Å². The number of benzene rings is 2. The van der Waals surface area contributed by atoms with E-state index in [-0.39, 0.29) is 12.0 Å². The van der Waals surface area contributed by atoms with Crippen molar-refractivity contribution < 1.29 is 14.3 Å². The standard InChI is InChI=1S/C22H29NO3/c1-14(2)18-12-11-16(5)13-21(18)26-17(6)22(24)23-19-9-7-8-10-20(19)25-15(3)4/h7-15,17H,1-6H3,(H,23,24). The van der Waals surface area contributed by atoms with E-state index in [0.29, 0.717) is 17.4 Å². The summed E-state index contributed by atoms with van der Waals surface area (Å²) in [5, 5.41) is 2.91. The molecule has 0 aromatic heterocycles. The van der Waals surface area contributed by atoms with Crippen molar-refractivity contribution in [2.75, 3.05) is 5.32 Å². The number of aryl methyl sites for hydroxylation is 1. The lowest BCUT2D eigenvalue weighted by Crippen LogP contribution is -2.30. The first-order valence-electron chi connectivity index (χ1n) is 9.11. The fraction of sp³-hybridized carbons (Fsp3) is 0.409. The van der Waals surface area contributed by atoms with Crippen LogP contribution in [0.1, 0.15) is 51.7 Å². The number of ether oxygens (including phenoxy) is 2. The van der Waals surface area contributed by atoms with Gasteiger partial charge in [-0.25, -0.2) is 0 Å². The van der Waals surface area contributed by atoms with E-state index >= 15 is 0 Å². The van der Waals surface area contributed by atoms with Crippen LogP contribution in [-0.4, -0.2) is 18.1 Å². The lowest BCUT2D eigenvalue weighted by atomic mass is 10.0. The van der Waals surface area contributed by atoms with Crippen LogP contribution in [0.15, 0.2) is 42.5 Å². The normalized spacial score (nSPS) is 12.2. The summed E-state index contributed by atoms with van der Waals surface area (Å²) < 4.78 is 11.7. The van der Waals surface area contributed by atoms with E-state index in [1.54, 1.807) is 6.92 Å². The number of amides is 1. The lowest BCUT2D eigenvalue weighted by molar-refractivity contribution is -0.122. The Morgan fingerprint density at radius 3 is 2.27 bits per heavy atom. The molecule has 2 aromatic carbocycles. The Hall–Kier alpha value is -2.49. The molecule has 1 N–H and O–H groups in total. The van der Waals surface area contributed by atoms with Crippen LogP contribution in [0.5, 0.6) is 11.5 Å². The molecule has 2 aromatic rings. The molecule has 1 amide bonds. The van der Waals surface area contributed by atoms with Crippen molar-refractivity contribution in [3.63, 3.8) is 0 Å². The summed E-state index contributed by atoms with van der Waals surface area (Å²) >= 11 is 0. The van der Waals surface area contributed by atoms with Crippen LogP contribution in [0.4, 0.5) is 5.69 Å². The summed E-state index contributed by atoms with van der Waals surface area (Å²) in [4.78, 5) is 12.6. The van der Waals surface area contributed by atoms with Crippen molar-refractivity contribution >= 4 is 11.6 Å². The van der Waals surface area contributed by atoms with Crippen molar-refractivity contribution in [2.45, 2.75) is 59.7 Å². The molecule has 140 valence electrons. The third-order valence-electron chi connectivity index (χ3n) is 3.97. The quantitative estimate of drug-likeness (QED) is 0.732. The summed E-state index contributed by atoms with van der Waals surface area (Å²) in [6, 6.07) is 13.5. The molecule has 0 aliphatic carbocycles. The Kier molecular flexibility index (Phi) is 6.67. The molecule has 0 heterocycles. The molecule has 0 saturated heterocycles. The van der Waals surface area contributed by atoms with E-state index < -0.39 is 6.10 Å². The third kappa shape index (κ3) is 5.25. The largest absolute Gasteiger partial charge is 0.489 e. The van der Waals surface area contributed by atoms with Gasteiger partial charge in [-0.3, -0.25) is 4.79 Å². The average molecular weight is 355 g/mol. The van der Waals surface area contributed by atoms with Gasteiger partial charge < -0.3 is 14.8 Å². The molecule has 1 unspecified atom stereocenters. The summed E-state index contributed by atoms with van der Waals surface area (Å²) in [7, 11) is 0. The Morgan fingerprint density at radius 2 is 1.62 bits per heavy atom. The van der Waals surface area contributed by atoms with Gasteiger partial charge in [0.05, 0.1) is 11.8 Å². The predicted octanol–water partition coefficient (Wildman–Crippen LogP) is 5.31. The Morgan fingerprint density at radius 1 is 0.923 bits per heavy atom. The Bertz CT molecular complexity index is 753. The second kappa shape index (κ2) is 8.75. The smallest absolute Gasteiger partial charge is 0.265 e. The number of anilines is 1. The highest BCUT2D eigenvalue weighted by atomic mass is 16.5. The van der Waals surface area contributed by atoms with Gasteiger partial charge in [0.2, 0.25) is 0 Å². The van der Waals surface area contributed by atoms with Gasteiger partial charge in [0, 0.05) is 0 Å². The lowest BCUT2D eigenvalue weighted by Gasteiger charge is -2.20. The highest BCUT2D eigenvalue weighted by Gasteiger charge is 2.19. The van der Waals surface area contributed by atoms with Crippen molar-refractivity contribution in [1.82, 2.24) is 0 Å². The summed E-state index contributed by atoms with van der Waals surface area (Å²) in [5.41, 5.74) is 2.85. The van der Waals surface area contributed by atoms with E-state index in [1.165, 1.54) is 0 Å². The van der Waals surface area contributed by atoms with Crippen molar-refractivity contribution in [3.8, 4) is 11.5 Å². The van der Waals surface area contributed by atoms with Crippen LogP contribution in [-0.2, 0) is 4.79 Å². The van der Waals surface area contributed by atoms with Crippen LogP contribution in [0.25, 0.3) is 0 Å². The fourth-order valence-electron chi connectivity index (χ4n) is 2.63. The monoisotopic (exact) mass is 355 g/mol. The number of carbonyl (C=O) groups excluding carboxylic acids is 1. The van der Waals surface area contributed by atoms with Gasteiger partial charge in [0.25, 0.3) is 5.91 Å². The first-order valence-corrected chi connectivity index (χ1v) is 9.11. The van der Waals surface area contributed by atoms with Crippen LogP contribution >= 0.6 is 0 Å². The molecule has 4 heteroatoms. The SMILES string of the molecule is Cc1ccc(C(C)C)c(OC(C)C(=O)Nc2ccccc2OC(C)C)c1. The number of nitrogens with one attached hydrogen (secondary N) is 1. The van der Waals surface area contributed by atoms with Crippen LogP contribution in [0.2, 0.25) is 0 Å². The summed E-state index contributed by atoms with van der Waals surface area (Å²) in [6.07, 6.45) is -0.593. The van der Waals surface area contributed by atoms with Gasteiger partial charge in [-0.2, -0.15) is 0 Å². The van der Waals surface area contributed by atoms with E-state index in [0.717, 1.165) is 16.9 Å². The second-order valence-electron chi connectivity index (χ2n) is 7.11. The zero-order valence-corrected chi connectivity index (χ0v) is 16.5. The minimum Gasteiger partial charge on any atom is -0.489 e. The van der Waals surface area contributed by atoms with Crippen molar-refractivity contribution in [3.05, 3.63) is 53.6 Å². The highest BCUT2D eigenvalue weighted by molar-refractivity contribution is 5.95. The maximum atomic E-state index is 12.6. The first-order chi connectivity index (χ1) is 12.3. The van der Waals surface area contributed by atoms with Gasteiger partial charge in [-0.05, 0) is 62.9 Å². The molecule has 26 heavy (non-hydrogen) atoms. The molecular weight excluding hydrogens is 326 g/mol. The number of carbonyl (C=O) groups is 1. The van der Waals surface area contributed by atoms with E-state index in [9.17, 15) is 4.79 Å². The molecule has 0 spiro atoms. The number of hydrogen-bond donors (Lipinski definition) is 1. The van der Waals surface area contributed by atoms with Crippen LogP contribution < -0.4 is 14.8 Å². The van der Waals surface area contributed by atoms with Gasteiger partial charge in [0.15, 0.2) is 6.10 Å². The van der Waals surface area contributed by atoms with Gasteiger partial charge >= 0.3 is 0 Å². The van der Waals surface area contributed by atoms with Crippen LogP contribution in [0, 0.1) is 6.92 Å². The molecule has 0 saturated carbocycles. The molecule has 0 aliphatic rings. The molecule has 2 rings (SSSR count). The maximum Gasteiger partial charge on any atom is 0.265 e. The molecule has 1 atom stereocenters. The Balaban J connectivity index is 2.13. The molecule has 0 aliphatic heterocycles. The average Bonchev–Trinajstić information content (AvgIpc) is 2.55. The molecule has 4 nitrogen and oxygen atoms in total. The van der Waals surface area contributed by atoms with E-state index in [2.05, 4.69) is 31.3 Å². The predicted molar refractivity (Wildman–Crippen MR) is 106 cm³/mol. The fourth-order valence-corrected chi connectivity index (χ4v) is 2.63. The summed E-state index contributed by atoms with van der Waals surface area (Å²) in [6.45, 7) is 11.9. The minimum absolute atomic E-state index is 0.0302. The molecule has 0 bridgehead atoms. The van der Waals surface area contributed by atoms with E-state index in [1.807, 2.05) is 51.1 Å². The molecule has 0 fully saturated rings. The summed E-state index contributed by atoms with van der Waals surface area (Å²) in [5.74, 6) is 1.53. The van der Waals surface area contributed by atoms with Gasteiger partial charge in [-0.1, -0.05) is 38.1 Å². The third-order valence-corrected chi connectivity index (χ3v) is 3.97.